The largest absolute Gasteiger partial charge is 0.176 e. The second-order valence-electron chi connectivity index (χ2n) is 2.34. The highest BCUT2D eigenvalue weighted by atomic mass is 35.6. The molecule has 0 nitrogen and oxygen atoms in total. The SMILES string of the molecule is C=Cc1ccccc1C[SiH2]Cl. The van der Waals surface area contributed by atoms with Crippen LogP contribution in [0.3, 0.4) is 0 Å². The molecule has 0 aliphatic heterocycles. The second-order valence-corrected chi connectivity index (χ2v) is 4.35. The molecule has 0 saturated carbocycles. The van der Waals surface area contributed by atoms with Crippen molar-refractivity contribution in [3.63, 3.8) is 0 Å². The second kappa shape index (κ2) is 4.37. The van der Waals surface area contributed by atoms with E-state index in [0.717, 1.165) is 6.04 Å². The van der Waals surface area contributed by atoms with Crippen molar-refractivity contribution in [1.82, 2.24) is 0 Å². The zero-order chi connectivity index (χ0) is 8.10. The number of benzene rings is 1. The fourth-order valence-corrected chi connectivity index (χ4v) is 2.33. The fourth-order valence-electron chi connectivity index (χ4n) is 1.06. The van der Waals surface area contributed by atoms with Gasteiger partial charge in [0.05, 0.1) is 0 Å². The molecular weight excluding hydrogens is 172 g/mol. The van der Waals surface area contributed by atoms with E-state index in [4.69, 9.17) is 11.1 Å². The topological polar surface area (TPSA) is 0 Å². The number of hydrogen-bond donors (Lipinski definition) is 0. The van der Waals surface area contributed by atoms with Crippen LogP contribution in [0, 0.1) is 0 Å². The average Bonchev–Trinajstić information content (AvgIpc) is 2.06. The number of rotatable bonds is 3. The van der Waals surface area contributed by atoms with Crippen molar-refractivity contribution in [2.24, 2.45) is 0 Å². The van der Waals surface area contributed by atoms with Crippen molar-refractivity contribution >= 4 is 26.0 Å². The Balaban J connectivity index is 2.92. The van der Waals surface area contributed by atoms with Gasteiger partial charge in [0.2, 0.25) is 0 Å². The van der Waals surface area contributed by atoms with E-state index in [2.05, 4.69) is 18.7 Å². The molecule has 0 bridgehead atoms. The third-order valence-electron chi connectivity index (χ3n) is 1.64. The van der Waals surface area contributed by atoms with Gasteiger partial charge in [0.15, 0.2) is 0 Å². The predicted octanol–water partition coefficient (Wildman–Crippen LogP) is 2.15. The molecule has 0 heterocycles. The first-order chi connectivity index (χ1) is 5.38. The third kappa shape index (κ3) is 2.21. The highest BCUT2D eigenvalue weighted by molar-refractivity contribution is 6.93. The lowest BCUT2D eigenvalue weighted by Crippen LogP contribution is -1.91. The van der Waals surface area contributed by atoms with Gasteiger partial charge in [-0.15, -0.1) is 0 Å². The Labute approximate surface area is 74.4 Å². The molecule has 0 fully saturated rings. The van der Waals surface area contributed by atoms with Gasteiger partial charge in [-0.05, 0) is 17.2 Å². The maximum Gasteiger partial charge on any atom is 0.129 e. The molecule has 1 rings (SSSR count). The van der Waals surface area contributed by atoms with Crippen LogP contribution < -0.4 is 0 Å². The summed E-state index contributed by atoms with van der Waals surface area (Å²) >= 11 is 5.77. The van der Waals surface area contributed by atoms with Gasteiger partial charge >= 0.3 is 0 Å². The molecule has 0 aromatic heterocycles. The van der Waals surface area contributed by atoms with Crippen molar-refractivity contribution in [1.29, 1.82) is 0 Å². The Morgan fingerprint density at radius 3 is 2.82 bits per heavy atom. The normalized spacial score (nSPS) is 10.6. The molecule has 0 aliphatic carbocycles. The first-order valence-corrected chi connectivity index (χ1v) is 6.78. The van der Waals surface area contributed by atoms with Gasteiger partial charge in [-0.2, -0.15) is 11.1 Å². The van der Waals surface area contributed by atoms with Crippen molar-refractivity contribution in [3.05, 3.63) is 42.0 Å². The monoisotopic (exact) mass is 182 g/mol. The lowest BCUT2D eigenvalue weighted by molar-refractivity contribution is 1.38. The van der Waals surface area contributed by atoms with Gasteiger partial charge < -0.3 is 0 Å². The van der Waals surface area contributed by atoms with E-state index in [0.29, 0.717) is 0 Å². The molecule has 0 unspecified atom stereocenters. The van der Waals surface area contributed by atoms with Gasteiger partial charge in [0.1, 0.15) is 8.83 Å². The summed E-state index contributed by atoms with van der Waals surface area (Å²) in [7, 11) is -0.391. The van der Waals surface area contributed by atoms with Crippen LogP contribution in [0.25, 0.3) is 6.08 Å². The summed E-state index contributed by atoms with van der Waals surface area (Å²) in [6.45, 7) is 3.75. The minimum atomic E-state index is -0.391. The van der Waals surface area contributed by atoms with Crippen LogP contribution in [-0.4, -0.2) is 8.83 Å². The molecule has 2 heteroatoms. The summed E-state index contributed by atoms with van der Waals surface area (Å²) in [6.07, 6.45) is 1.89. The van der Waals surface area contributed by atoms with E-state index in [1.807, 2.05) is 18.2 Å². The number of hydrogen-bond acceptors (Lipinski definition) is 0. The van der Waals surface area contributed by atoms with Crippen molar-refractivity contribution in [2.75, 3.05) is 0 Å². The minimum absolute atomic E-state index is 0.391. The summed E-state index contributed by atoms with van der Waals surface area (Å²) < 4.78 is 0. The quantitative estimate of drug-likeness (QED) is 0.497. The van der Waals surface area contributed by atoms with Crippen LogP contribution in [0.2, 0.25) is 0 Å². The lowest BCUT2D eigenvalue weighted by atomic mass is 10.1. The smallest absolute Gasteiger partial charge is 0.129 e. The van der Waals surface area contributed by atoms with Crippen LogP contribution in [0.15, 0.2) is 30.8 Å². The third-order valence-corrected chi connectivity index (χ3v) is 2.93. The lowest BCUT2D eigenvalue weighted by Gasteiger charge is -2.01. The molecular formula is C9H11ClSi. The maximum atomic E-state index is 5.77. The predicted molar refractivity (Wildman–Crippen MR) is 54.6 cm³/mol. The fraction of sp³-hybridized carbons (Fsp3) is 0.111. The molecule has 0 radical (unpaired) electrons. The first-order valence-electron chi connectivity index (χ1n) is 3.65. The summed E-state index contributed by atoms with van der Waals surface area (Å²) in [5, 5.41) is 0. The highest BCUT2D eigenvalue weighted by Gasteiger charge is 1.95. The van der Waals surface area contributed by atoms with E-state index < -0.39 is 8.83 Å². The molecule has 0 aliphatic rings. The molecule has 0 atom stereocenters. The summed E-state index contributed by atoms with van der Waals surface area (Å²) in [5.41, 5.74) is 2.56. The Morgan fingerprint density at radius 2 is 2.18 bits per heavy atom. The van der Waals surface area contributed by atoms with Crippen molar-refractivity contribution in [3.8, 4) is 0 Å². The van der Waals surface area contributed by atoms with Crippen LogP contribution in [0.4, 0.5) is 0 Å². The van der Waals surface area contributed by atoms with Crippen LogP contribution >= 0.6 is 11.1 Å². The Kier molecular flexibility index (Phi) is 3.40. The van der Waals surface area contributed by atoms with Gasteiger partial charge in [-0.3, -0.25) is 0 Å². The molecule has 1 aromatic rings. The Morgan fingerprint density at radius 1 is 1.45 bits per heavy atom. The van der Waals surface area contributed by atoms with E-state index in [1.54, 1.807) is 0 Å². The molecule has 0 spiro atoms. The Hall–Kier alpha value is -0.533. The average molecular weight is 183 g/mol. The van der Waals surface area contributed by atoms with Crippen molar-refractivity contribution < 1.29 is 0 Å². The highest BCUT2D eigenvalue weighted by Crippen LogP contribution is 2.10. The Bertz CT molecular complexity index is 245. The van der Waals surface area contributed by atoms with Crippen LogP contribution in [0.1, 0.15) is 11.1 Å². The van der Waals surface area contributed by atoms with E-state index in [1.165, 1.54) is 11.1 Å². The standard InChI is InChI=1S/C9H11ClSi/c1-2-8-5-3-4-6-9(8)7-11-10/h2-6H,1,7,11H2. The first kappa shape index (κ1) is 8.56. The van der Waals surface area contributed by atoms with Gasteiger partial charge in [0, 0.05) is 0 Å². The zero-order valence-electron chi connectivity index (χ0n) is 6.39. The van der Waals surface area contributed by atoms with E-state index >= 15 is 0 Å². The van der Waals surface area contributed by atoms with E-state index in [9.17, 15) is 0 Å². The number of halogens is 1. The zero-order valence-corrected chi connectivity index (χ0v) is 8.56. The molecule has 1 aromatic carbocycles. The summed E-state index contributed by atoms with van der Waals surface area (Å²) in [5.74, 6) is 0. The van der Waals surface area contributed by atoms with Crippen LogP contribution in [0.5, 0.6) is 0 Å². The van der Waals surface area contributed by atoms with Gasteiger partial charge in [0.25, 0.3) is 0 Å². The summed E-state index contributed by atoms with van der Waals surface area (Å²) in [6, 6.07) is 9.32. The molecule has 0 saturated heterocycles. The van der Waals surface area contributed by atoms with Gasteiger partial charge in [-0.1, -0.05) is 36.9 Å². The molecule has 0 amide bonds. The maximum absolute atomic E-state index is 5.77. The molecule has 0 N–H and O–H groups in total. The van der Waals surface area contributed by atoms with Crippen LogP contribution in [-0.2, 0) is 6.04 Å². The summed E-state index contributed by atoms with van der Waals surface area (Å²) in [4.78, 5) is 0. The van der Waals surface area contributed by atoms with E-state index in [-0.39, 0.29) is 0 Å². The van der Waals surface area contributed by atoms with Gasteiger partial charge in [-0.25, -0.2) is 0 Å². The molecule has 58 valence electrons. The van der Waals surface area contributed by atoms with Crippen molar-refractivity contribution in [2.45, 2.75) is 6.04 Å². The molecule has 11 heavy (non-hydrogen) atoms. The minimum Gasteiger partial charge on any atom is -0.176 e.